The average molecular weight is 381 g/mol. The Bertz CT molecular complexity index is 936. The number of unbranched alkanes of at least 4 members (excludes halogenated alkanes) is 1. The number of fused-ring (bicyclic) bond motifs is 1. The van der Waals surface area contributed by atoms with E-state index in [9.17, 15) is 4.79 Å². The predicted molar refractivity (Wildman–Crippen MR) is 110 cm³/mol. The zero-order chi connectivity index (χ0) is 19.9. The number of benzene rings is 2. The second kappa shape index (κ2) is 9.26. The van der Waals surface area contributed by atoms with Gasteiger partial charge in [0.15, 0.2) is 11.5 Å². The summed E-state index contributed by atoms with van der Waals surface area (Å²) < 4.78 is 13.4. The van der Waals surface area contributed by atoms with Gasteiger partial charge in [0, 0.05) is 20.5 Å². The third-order valence-electron chi connectivity index (χ3n) is 4.75. The van der Waals surface area contributed by atoms with E-state index in [1.54, 1.807) is 26.0 Å². The van der Waals surface area contributed by atoms with Gasteiger partial charge >= 0.3 is 0 Å². The zero-order valence-corrected chi connectivity index (χ0v) is 16.7. The van der Waals surface area contributed by atoms with Crippen molar-refractivity contribution in [3.8, 4) is 11.5 Å². The van der Waals surface area contributed by atoms with Crippen LogP contribution in [0.15, 0.2) is 48.5 Å². The number of imidazole rings is 1. The molecule has 0 aliphatic rings. The van der Waals surface area contributed by atoms with Gasteiger partial charge in [-0.2, -0.15) is 0 Å². The van der Waals surface area contributed by atoms with E-state index in [0.717, 1.165) is 47.7 Å². The molecule has 0 fully saturated rings. The van der Waals surface area contributed by atoms with Gasteiger partial charge in [-0.1, -0.05) is 24.3 Å². The monoisotopic (exact) mass is 381 g/mol. The molecule has 6 heteroatoms. The Kier molecular flexibility index (Phi) is 6.53. The van der Waals surface area contributed by atoms with Crippen molar-refractivity contribution in [3.05, 3.63) is 54.4 Å². The molecule has 0 radical (unpaired) electrons. The summed E-state index contributed by atoms with van der Waals surface area (Å²) in [6.45, 7) is 3.52. The van der Waals surface area contributed by atoms with Crippen molar-refractivity contribution in [1.29, 1.82) is 0 Å². The summed E-state index contributed by atoms with van der Waals surface area (Å²) in [7, 11) is 3.44. The SMILES string of the molecule is COc1ccccc1OCCCCn1c(CN(C)C(C)=O)nc2ccccc21. The van der Waals surface area contributed by atoms with Gasteiger partial charge in [0.2, 0.25) is 5.91 Å². The fourth-order valence-electron chi connectivity index (χ4n) is 3.11. The van der Waals surface area contributed by atoms with Crippen molar-refractivity contribution in [2.45, 2.75) is 32.9 Å². The molecule has 0 unspecified atom stereocenters. The summed E-state index contributed by atoms with van der Waals surface area (Å²) in [4.78, 5) is 18.0. The van der Waals surface area contributed by atoms with Gasteiger partial charge in [0.1, 0.15) is 5.82 Å². The molecule has 28 heavy (non-hydrogen) atoms. The quantitative estimate of drug-likeness (QED) is 0.528. The predicted octanol–water partition coefficient (Wildman–Crippen LogP) is 3.88. The minimum atomic E-state index is 0.0313. The summed E-state index contributed by atoms with van der Waals surface area (Å²) in [5.41, 5.74) is 2.06. The molecule has 0 spiro atoms. The number of para-hydroxylation sites is 4. The highest BCUT2D eigenvalue weighted by Gasteiger charge is 2.13. The van der Waals surface area contributed by atoms with Gasteiger partial charge < -0.3 is 18.9 Å². The first kappa shape index (κ1) is 19.7. The van der Waals surface area contributed by atoms with Crippen molar-refractivity contribution in [3.63, 3.8) is 0 Å². The Hall–Kier alpha value is -3.02. The first-order valence-corrected chi connectivity index (χ1v) is 9.52. The van der Waals surface area contributed by atoms with Crippen molar-refractivity contribution >= 4 is 16.9 Å². The van der Waals surface area contributed by atoms with Crippen LogP contribution in [0.5, 0.6) is 11.5 Å². The van der Waals surface area contributed by atoms with Crippen LogP contribution in [-0.2, 0) is 17.9 Å². The Morgan fingerprint density at radius 1 is 1.07 bits per heavy atom. The highest BCUT2D eigenvalue weighted by atomic mass is 16.5. The molecule has 1 amide bonds. The third-order valence-corrected chi connectivity index (χ3v) is 4.75. The molecular formula is C22H27N3O3. The van der Waals surface area contributed by atoms with Crippen LogP contribution in [-0.4, -0.2) is 41.1 Å². The fourth-order valence-corrected chi connectivity index (χ4v) is 3.11. The minimum absolute atomic E-state index is 0.0313. The summed E-state index contributed by atoms with van der Waals surface area (Å²) in [5, 5.41) is 0. The number of nitrogens with zero attached hydrogens (tertiary/aromatic N) is 3. The van der Waals surface area contributed by atoms with E-state index in [1.807, 2.05) is 42.5 Å². The molecule has 148 valence electrons. The standard InChI is InChI=1S/C22H27N3O3/c1-17(26)24(2)16-22-23-18-10-4-5-11-19(18)25(22)14-8-9-15-28-21-13-7-6-12-20(21)27-3/h4-7,10-13H,8-9,14-16H2,1-3H3. The Morgan fingerprint density at radius 2 is 1.79 bits per heavy atom. The number of aromatic nitrogens is 2. The van der Waals surface area contributed by atoms with Gasteiger partial charge in [-0.3, -0.25) is 4.79 Å². The lowest BCUT2D eigenvalue weighted by molar-refractivity contribution is -0.128. The van der Waals surface area contributed by atoms with Crippen LogP contribution in [0, 0.1) is 0 Å². The number of aryl methyl sites for hydroxylation is 1. The molecule has 0 aliphatic carbocycles. The molecule has 0 atom stereocenters. The zero-order valence-electron chi connectivity index (χ0n) is 16.7. The topological polar surface area (TPSA) is 56.6 Å². The number of carbonyl (C=O) groups is 1. The highest BCUT2D eigenvalue weighted by Crippen LogP contribution is 2.26. The van der Waals surface area contributed by atoms with Gasteiger partial charge in [-0.15, -0.1) is 0 Å². The van der Waals surface area contributed by atoms with Crippen LogP contribution in [0.2, 0.25) is 0 Å². The van der Waals surface area contributed by atoms with Crippen LogP contribution < -0.4 is 9.47 Å². The summed E-state index contributed by atoms with van der Waals surface area (Å²) in [6, 6.07) is 15.8. The number of carbonyl (C=O) groups excluding carboxylic acids is 1. The van der Waals surface area contributed by atoms with Crippen LogP contribution in [0.3, 0.4) is 0 Å². The van der Waals surface area contributed by atoms with Crippen molar-refractivity contribution in [2.75, 3.05) is 20.8 Å². The van der Waals surface area contributed by atoms with Gasteiger partial charge in [0.25, 0.3) is 0 Å². The van der Waals surface area contributed by atoms with E-state index < -0.39 is 0 Å². The number of rotatable bonds is 9. The normalized spacial score (nSPS) is 10.8. The Labute approximate surface area is 165 Å². The second-order valence-electron chi connectivity index (χ2n) is 6.75. The number of methoxy groups -OCH3 is 1. The molecule has 0 bridgehead atoms. The average Bonchev–Trinajstić information content (AvgIpc) is 3.05. The maximum atomic E-state index is 11.6. The lowest BCUT2D eigenvalue weighted by atomic mass is 10.3. The largest absolute Gasteiger partial charge is 0.493 e. The lowest BCUT2D eigenvalue weighted by Crippen LogP contribution is -2.25. The van der Waals surface area contributed by atoms with Gasteiger partial charge in [0.05, 0.1) is 31.3 Å². The van der Waals surface area contributed by atoms with E-state index >= 15 is 0 Å². The Balaban J connectivity index is 1.62. The van der Waals surface area contributed by atoms with Crippen LogP contribution in [0.4, 0.5) is 0 Å². The fraction of sp³-hybridized carbons (Fsp3) is 0.364. The summed E-state index contributed by atoms with van der Waals surface area (Å²) in [6.07, 6.45) is 1.86. The molecule has 1 heterocycles. The third kappa shape index (κ3) is 4.63. The first-order valence-electron chi connectivity index (χ1n) is 9.52. The van der Waals surface area contributed by atoms with E-state index in [2.05, 4.69) is 10.6 Å². The van der Waals surface area contributed by atoms with E-state index in [1.165, 1.54) is 0 Å². The molecule has 0 saturated heterocycles. The van der Waals surface area contributed by atoms with Crippen LogP contribution in [0.1, 0.15) is 25.6 Å². The van der Waals surface area contributed by atoms with Gasteiger partial charge in [-0.05, 0) is 37.1 Å². The van der Waals surface area contributed by atoms with E-state index in [4.69, 9.17) is 14.5 Å². The number of amides is 1. The molecule has 1 aromatic heterocycles. The maximum absolute atomic E-state index is 11.6. The number of hydrogen-bond donors (Lipinski definition) is 0. The molecule has 0 aliphatic heterocycles. The van der Waals surface area contributed by atoms with E-state index in [-0.39, 0.29) is 5.91 Å². The summed E-state index contributed by atoms with van der Waals surface area (Å²) in [5.74, 6) is 2.45. The van der Waals surface area contributed by atoms with Crippen molar-refractivity contribution < 1.29 is 14.3 Å². The number of ether oxygens (including phenoxy) is 2. The molecule has 6 nitrogen and oxygen atoms in total. The lowest BCUT2D eigenvalue weighted by Gasteiger charge is -2.16. The molecule has 0 saturated carbocycles. The first-order chi connectivity index (χ1) is 13.6. The molecular weight excluding hydrogens is 354 g/mol. The highest BCUT2D eigenvalue weighted by molar-refractivity contribution is 5.76. The van der Waals surface area contributed by atoms with Crippen LogP contribution in [0.25, 0.3) is 11.0 Å². The molecule has 0 N–H and O–H groups in total. The Morgan fingerprint density at radius 3 is 2.54 bits per heavy atom. The van der Waals surface area contributed by atoms with Gasteiger partial charge in [-0.25, -0.2) is 4.98 Å². The minimum Gasteiger partial charge on any atom is -0.493 e. The second-order valence-corrected chi connectivity index (χ2v) is 6.75. The van der Waals surface area contributed by atoms with Crippen molar-refractivity contribution in [2.24, 2.45) is 0 Å². The van der Waals surface area contributed by atoms with Crippen LogP contribution >= 0.6 is 0 Å². The molecule has 2 aromatic carbocycles. The summed E-state index contributed by atoms with van der Waals surface area (Å²) >= 11 is 0. The molecule has 3 aromatic rings. The smallest absolute Gasteiger partial charge is 0.219 e. The molecule has 3 rings (SSSR count). The maximum Gasteiger partial charge on any atom is 0.219 e. The van der Waals surface area contributed by atoms with Crippen molar-refractivity contribution in [1.82, 2.24) is 14.5 Å². The number of hydrogen-bond acceptors (Lipinski definition) is 4. The van der Waals surface area contributed by atoms with E-state index in [0.29, 0.717) is 13.2 Å².